The van der Waals surface area contributed by atoms with Gasteiger partial charge in [0.15, 0.2) is 6.29 Å². The van der Waals surface area contributed by atoms with E-state index in [0.717, 1.165) is 11.0 Å². The van der Waals surface area contributed by atoms with Crippen LogP contribution in [0.15, 0.2) is 0 Å². The lowest BCUT2D eigenvalue weighted by atomic mass is 10.4. The van der Waals surface area contributed by atoms with Crippen LogP contribution < -0.4 is 17.0 Å². The van der Waals surface area contributed by atoms with Crippen LogP contribution in [0.2, 0.25) is 0 Å². The van der Waals surface area contributed by atoms with Gasteiger partial charge in [0.05, 0.1) is 27.7 Å². The molecule has 0 aliphatic heterocycles. The van der Waals surface area contributed by atoms with Crippen LogP contribution >= 0.6 is 0 Å². The molecule has 0 radical (unpaired) electrons. The minimum absolute atomic E-state index is 0. The van der Waals surface area contributed by atoms with Crippen LogP contribution in [-0.4, -0.2) is 48.7 Å². The molecule has 0 unspecified atom stereocenters. The van der Waals surface area contributed by atoms with Crippen LogP contribution in [0.25, 0.3) is 0 Å². The molecule has 0 spiro atoms. The smallest absolute Gasteiger partial charge is 0.156 e. The molecule has 0 fully saturated rings. The van der Waals surface area contributed by atoms with Gasteiger partial charge in [0, 0.05) is 6.42 Å². The Kier molecular flexibility index (Phi) is 6.58. The fourth-order valence-corrected chi connectivity index (χ4v) is 0.503. The lowest BCUT2D eigenvalue weighted by Crippen LogP contribution is -3.00. The number of quaternary nitrogens is 1. The SMILES string of the molecule is C[N+](C)(C)CCC(O)O.[Br-]. The van der Waals surface area contributed by atoms with E-state index in [1.165, 1.54) is 0 Å². The fraction of sp³-hybridized carbons (Fsp3) is 1.00. The Labute approximate surface area is 72.6 Å². The highest BCUT2D eigenvalue weighted by Crippen LogP contribution is 1.94. The van der Waals surface area contributed by atoms with Gasteiger partial charge >= 0.3 is 0 Å². The first-order valence-corrected chi connectivity index (χ1v) is 3.08. The Hall–Kier alpha value is 0.360. The second-order valence-corrected chi connectivity index (χ2v) is 3.28. The van der Waals surface area contributed by atoms with Gasteiger partial charge in [-0.1, -0.05) is 0 Å². The first-order valence-electron chi connectivity index (χ1n) is 3.08. The number of halogens is 1. The van der Waals surface area contributed by atoms with Gasteiger partial charge in [-0.3, -0.25) is 0 Å². The first kappa shape index (κ1) is 13.0. The van der Waals surface area contributed by atoms with Crippen LogP contribution in [0.3, 0.4) is 0 Å². The largest absolute Gasteiger partial charge is 1.00 e. The van der Waals surface area contributed by atoms with Crippen molar-refractivity contribution >= 4 is 0 Å². The number of hydrogen-bond donors (Lipinski definition) is 2. The van der Waals surface area contributed by atoms with Crippen molar-refractivity contribution in [1.82, 2.24) is 0 Å². The van der Waals surface area contributed by atoms with Gasteiger partial charge in [-0.05, 0) is 0 Å². The van der Waals surface area contributed by atoms with Crippen molar-refractivity contribution in [2.45, 2.75) is 12.7 Å². The average Bonchev–Trinajstić information content (AvgIpc) is 1.59. The van der Waals surface area contributed by atoms with Crippen molar-refractivity contribution in [2.24, 2.45) is 0 Å². The lowest BCUT2D eigenvalue weighted by molar-refractivity contribution is -0.871. The Balaban J connectivity index is 0. The zero-order valence-corrected chi connectivity index (χ0v) is 8.30. The molecule has 0 rings (SSSR count). The zero-order chi connectivity index (χ0) is 7.49. The van der Waals surface area contributed by atoms with E-state index in [2.05, 4.69) is 0 Å². The Bertz CT molecular complexity index is 80.3. The van der Waals surface area contributed by atoms with E-state index in [4.69, 9.17) is 10.2 Å². The van der Waals surface area contributed by atoms with Gasteiger partial charge < -0.3 is 31.7 Å². The molecule has 64 valence electrons. The van der Waals surface area contributed by atoms with Gasteiger partial charge in [-0.25, -0.2) is 0 Å². The average molecular weight is 214 g/mol. The number of aliphatic hydroxyl groups is 2. The molecular weight excluding hydrogens is 198 g/mol. The highest BCUT2D eigenvalue weighted by Gasteiger charge is 2.08. The number of aliphatic hydroxyl groups excluding tert-OH is 1. The monoisotopic (exact) mass is 213 g/mol. The predicted molar refractivity (Wildman–Crippen MR) is 35.7 cm³/mol. The summed E-state index contributed by atoms with van der Waals surface area (Å²) < 4.78 is 0.775. The molecule has 0 aliphatic carbocycles. The lowest BCUT2D eigenvalue weighted by Gasteiger charge is -2.23. The summed E-state index contributed by atoms with van der Waals surface area (Å²) in [6.07, 6.45) is -0.703. The van der Waals surface area contributed by atoms with Crippen LogP contribution in [0, 0.1) is 0 Å². The molecule has 0 saturated heterocycles. The molecule has 0 aromatic carbocycles. The third-order valence-corrected chi connectivity index (χ3v) is 1.06. The summed E-state index contributed by atoms with van der Waals surface area (Å²) >= 11 is 0. The van der Waals surface area contributed by atoms with Crippen molar-refractivity contribution in [3.63, 3.8) is 0 Å². The van der Waals surface area contributed by atoms with E-state index in [1.54, 1.807) is 0 Å². The predicted octanol–water partition coefficient (Wildman–Crippen LogP) is -3.60. The molecule has 2 N–H and O–H groups in total. The molecule has 0 amide bonds. The number of nitrogens with zero attached hydrogens (tertiary/aromatic N) is 1. The number of rotatable bonds is 3. The molecule has 0 aliphatic rings. The molecule has 0 aromatic heterocycles. The summed E-state index contributed by atoms with van der Waals surface area (Å²) in [6, 6.07) is 0. The van der Waals surface area contributed by atoms with Crippen molar-refractivity contribution in [1.29, 1.82) is 0 Å². The molecular formula is C6H16BrNO2. The summed E-state index contributed by atoms with van der Waals surface area (Å²) in [6.45, 7) is 0.789. The summed E-state index contributed by atoms with van der Waals surface area (Å²) in [4.78, 5) is 0. The van der Waals surface area contributed by atoms with Crippen molar-refractivity contribution < 1.29 is 31.7 Å². The Morgan fingerprint density at radius 3 is 1.70 bits per heavy atom. The first-order chi connectivity index (χ1) is 3.92. The van der Waals surface area contributed by atoms with Gasteiger partial charge in [0.2, 0.25) is 0 Å². The molecule has 0 atom stereocenters. The van der Waals surface area contributed by atoms with Crippen LogP contribution in [0.5, 0.6) is 0 Å². The van der Waals surface area contributed by atoms with E-state index < -0.39 is 6.29 Å². The summed E-state index contributed by atoms with van der Waals surface area (Å²) in [5, 5.41) is 16.9. The maximum absolute atomic E-state index is 8.46. The third-order valence-electron chi connectivity index (χ3n) is 1.06. The van der Waals surface area contributed by atoms with Crippen molar-refractivity contribution in [3.8, 4) is 0 Å². The van der Waals surface area contributed by atoms with Crippen LogP contribution in [-0.2, 0) is 0 Å². The molecule has 3 nitrogen and oxygen atoms in total. The summed E-state index contributed by atoms with van der Waals surface area (Å²) in [5.41, 5.74) is 0. The normalized spacial score (nSPS) is 11.4. The second kappa shape index (κ2) is 5.07. The number of hydrogen-bond acceptors (Lipinski definition) is 2. The minimum atomic E-state index is -1.15. The van der Waals surface area contributed by atoms with Gasteiger partial charge in [0.25, 0.3) is 0 Å². The molecule has 0 aromatic rings. The van der Waals surface area contributed by atoms with E-state index in [-0.39, 0.29) is 17.0 Å². The quantitative estimate of drug-likeness (QED) is 0.376. The van der Waals surface area contributed by atoms with Gasteiger partial charge in [-0.15, -0.1) is 0 Å². The van der Waals surface area contributed by atoms with E-state index in [0.29, 0.717) is 6.42 Å². The molecule has 4 heteroatoms. The summed E-state index contributed by atoms with van der Waals surface area (Å²) in [7, 11) is 6.05. The van der Waals surface area contributed by atoms with E-state index in [1.807, 2.05) is 21.1 Å². The van der Waals surface area contributed by atoms with Gasteiger partial charge in [-0.2, -0.15) is 0 Å². The highest BCUT2D eigenvalue weighted by molar-refractivity contribution is 4.35. The van der Waals surface area contributed by atoms with Crippen LogP contribution in [0.4, 0.5) is 0 Å². The Morgan fingerprint density at radius 2 is 1.60 bits per heavy atom. The third kappa shape index (κ3) is 11.2. The molecule has 0 saturated carbocycles. The summed E-state index contributed by atoms with van der Waals surface area (Å²) in [5.74, 6) is 0. The zero-order valence-electron chi connectivity index (χ0n) is 6.71. The molecule has 0 bridgehead atoms. The van der Waals surface area contributed by atoms with Crippen molar-refractivity contribution in [2.75, 3.05) is 27.7 Å². The van der Waals surface area contributed by atoms with Gasteiger partial charge in [0.1, 0.15) is 0 Å². The van der Waals surface area contributed by atoms with E-state index in [9.17, 15) is 0 Å². The maximum atomic E-state index is 8.46. The van der Waals surface area contributed by atoms with Crippen molar-refractivity contribution in [3.05, 3.63) is 0 Å². The topological polar surface area (TPSA) is 40.5 Å². The highest BCUT2D eigenvalue weighted by atomic mass is 79.9. The molecule has 0 heterocycles. The second-order valence-electron chi connectivity index (χ2n) is 3.28. The Morgan fingerprint density at radius 1 is 1.20 bits per heavy atom. The maximum Gasteiger partial charge on any atom is 0.156 e. The molecule has 10 heavy (non-hydrogen) atoms. The standard InChI is InChI=1S/C6H16NO2.BrH/c1-7(2,3)5-4-6(8)9;/h6,8-9H,4-5H2,1-3H3;1H/q+1;/p-1. The fourth-order valence-electron chi connectivity index (χ4n) is 0.503. The van der Waals surface area contributed by atoms with E-state index >= 15 is 0 Å². The minimum Gasteiger partial charge on any atom is -1.00 e. The van der Waals surface area contributed by atoms with Crippen LogP contribution in [0.1, 0.15) is 6.42 Å².